The smallest absolute Gasteiger partial charge is 0.342 e. The van der Waals surface area contributed by atoms with E-state index < -0.39 is 48.5 Å². The van der Waals surface area contributed by atoms with E-state index >= 15 is 0 Å². The molecule has 0 saturated carbocycles. The Labute approximate surface area is 179 Å². The Morgan fingerprint density at radius 3 is 2.58 bits per heavy atom. The van der Waals surface area contributed by atoms with Crippen LogP contribution >= 0.6 is 0 Å². The molecule has 2 rings (SSSR count). The molecular formula is C22H28O9. The number of cyclic esters (lactones) is 1. The Bertz CT molecular complexity index is 846. The normalized spacial score (nSPS) is 28.1. The second-order valence-electron chi connectivity index (χ2n) is 7.44. The summed E-state index contributed by atoms with van der Waals surface area (Å²) in [6.07, 6.45) is 0.604. The van der Waals surface area contributed by atoms with E-state index in [1.54, 1.807) is 13.8 Å². The minimum absolute atomic E-state index is 0.101. The van der Waals surface area contributed by atoms with E-state index in [4.69, 9.17) is 14.6 Å². The Balaban J connectivity index is 2.44. The lowest BCUT2D eigenvalue weighted by Gasteiger charge is -2.20. The van der Waals surface area contributed by atoms with Gasteiger partial charge in [-0.05, 0) is 31.1 Å². The van der Waals surface area contributed by atoms with Crippen molar-refractivity contribution in [1.82, 2.24) is 0 Å². The average molecular weight is 436 g/mol. The van der Waals surface area contributed by atoms with Crippen LogP contribution in [0, 0.1) is 5.92 Å². The van der Waals surface area contributed by atoms with Crippen LogP contribution in [0.3, 0.4) is 0 Å². The minimum atomic E-state index is -1.61. The molecule has 0 aromatic heterocycles. The third-order valence-corrected chi connectivity index (χ3v) is 4.91. The number of phenolic OH excluding ortho intramolecular Hbond substituents is 1. The highest BCUT2D eigenvalue weighted by molar-refractivity contribution is 5.97. The number of ether oxygens (including phenoxy) is 2. The summed E-state index contributed by atoms with van der Waals surface area (Å²) >= 11 is 0. The second kappa shape index (κ2) is 11.1. The van der Waals surface area contributed by atoms with E-state index in [1.807, 2.05) is 0 Å². The van der Waals surface area contributed by atoms with Crippen LogP contribution in [0.25, 0.3) is 6.08 Å². The average Bonchev–Trinajstić information content (AvgIpc) is 2.73. The van der Waals surface area contributed by atoms with Gasteiger partial charge >= 0.3 is 5.97 Å². The van der Waals surface area contributed by atoms with Gasteiger partial charge in [0.1, 0.15) is 42.0 Å². The molecule has 1 aromatic carbocycles. The number of ketones is 1. The molecule has 1 aromatic rings. The zero-order valence-electron chi connectivity index (χ0n) is 17.3. The maximum absolute atomic E-state index is 12.7. The Morgan fingerprint density at radius 2 is 1.90 bits per heavy atom. The van der Waals surface area contributed by atoms with Gasteiger partial charge in [-0.25, -0.2) is 4.79 Å². The molecule has 0 bridgehead atoms. The number of fused-ring (bicyclic) bond motifs is 1. The summed E-state index contributed by atoms with van der Waals surface area (Å²) in [5.74, 6) is -2.14. The van der Waals surface area contributed by atoms with E-state index in [1.165, 1.54) is 30.4 Å². The van der Waals surface area contributed by atoms with E-state index in [0.29, 0.717) is 0 Å². The van der Waals surface area contributed by atoms with Crippen molar-refractivity contribution in [2.75, 3.05) is 13.2 Å². The van der Waals surface area contributed by atoms with Gasteiger partial charge in [0.25, 0.3) is 0 Å². The van der Waals surface area contributed by atoms with Crippen molar-refractivity contribution >= 4 is 17.8 Å². The highest BCUT2D eigenvalue weighted by Crippen LogP contribution is 2.31. The molecule has 0 unspecified atom stereocenters. The van der Waals surface area contributed by atoms with Gasteiger partial charge in [-0.2, -0.15) is 0 Å². The van der Waals surface area contributed by atoms with Crippen LogP contribution in [0.1, 0.15) is 36.2 Å². The molecule has 1 aliphatic rings. The maximum Gasteiger partial charge on any atom is 0.342 e. The van der Waals surface area contributed by atoms with Crippen LogP contribution in [-0.4, -0.2) is 74.9 Å². The van der Waals surface area contributed by atoms with Gasteiger partial charge in [-0.15, -0.1) is 0 Å². The third-order valence-electron chi connectivity index (χ3n) is 4.91. The highest BCUT2D eigenvalue weighted by Gasteiger charge is 2.25. The molecule has 5 atom stereocenters. The number of carbonyl (C=O) groups is 2. The van der Waals surface area contributed by atoms with Crippen LogP contribution in [0.4, 0.5) is 0 Å². The van der Waals surface area contributed by atoms with Gasteiger partial charge in [0.2, 0.25) is 0 Å². The lowest BCUT2D eigenvalue weighted by atomic mass is 9.99. The minimum Gasteiger partial charge on any atom is -0.507 e. The van der Waals surface area contributed by atoms with Crippen molar-refractivity contribution in [3.05, 3.63) is 41.5 Å². The van der Waals surface area contributed by atoms with Crippen molar-refractivity contribution in [2.24, 2.45) is 5.92 Å². The van der Waals surface area contributed by atoms with Gasteiger partial charge in [0, 0.05) is 12.0 Å². The lowest BCUT2D eigenvalue weighted by molar-refractivity contribution is -0.127. The number of aliphatic hydroxyl groups is 4. The molecule has 0 aliphatic carbocycles. The standard InChI is InChI=1S/C22H28O9/c1-12-6-7-18(26)21(28)17(25)5-3-4-14-8-16(30-11-15(24)10-23)9-19(27)20(14)22(29)31-13(12)2/h3-4,6-9,12-13,15,17,21,23-25,27-28H,5,10-11H2,1-2H3/b4-3+,7-6-/t12-,13-,15+,17-,21-/m0/s1. The van der Waals surface area contributed by atoms with Crippen molar-refractivity contribution in [2.45, 2.75) is 44.7 Å². The molecule has 1 aliphatic heterocycles. The molecule has 0 spiro atoms. The molecule has 31 heavy (non-hydrogen) atoms. The first-order chi connectivity index (χ1) is 14.6. The third kappa shape index (κ3) is 6.63. The van der Waals surface area contributed by atoms with E-state index in [9.17, 15) is 30.0 Å². The Morgan fingerprint density at radius 1 is 1.19 bits per heavy atom. The summed E-state index contributed by atoms with van der Waals surface area (Å²) in [7, 11) is 0. The van der Waals surface area contributed by atoms with Gasteiger partial charge in [-0.3, -0.25) is 4.79 Å². The van der Waals surface area contributed by atoms with Crippen LogP contribution in [0.5, 0.6) is 11.5 Å². The Kier molecular flexibility index (Phi) is 8.76. The molecule has 5 N–H and O–H groups in total. The van der Waals surface area contributed by atoms with Gasteiger partial charge in [0.05, 0.1) is 12.7 Å². The molecule has 9 heteroatoms. The fourth-order valence-electron chi connectivity index (χ4n) is 2.79. The quantitative estimate of drug-likeness (QED) is 0.426. The summed E-state index contributed by atoms with van der Waals surface area (Å²) in [5, 5.41) is 48.9. The van der Waals surface area contributed by atoms with Crippen LogP contribution in [0.15, 0.2) is 30.4 Å². The van der Waals surface area contributed by atoms with Crippen LogP contribution in [-0.2, 0) is 9.53 Å². The number of hydrogen-bond donors (Lipinski definition) is 5. The predicted octanol–water partition coefficient (Wildman–Crippen LogP) is 0.570. The molecule has 0 amide bonds. The van der Waals surface area contributed by atoms with E-state index in [0.717, 1.165) is 6.08 Å². The van der Waals surface area contributed by atoms with Crippen LogP contribution in [0.2, 0.25) is 0 Å². The molecule has 9 nitrogen and oxygen atoms in total. The van der Waals surface area contributed by atoms with Crippen LogP contribution < -0.4 is 4.74 Å². The number of phenols is 1. The number of aromatic hydroxyl groups is 1. The summed E-state index contributed by atoms with van der Waals surface area (Å²) in [4.78, 5) is 24.8. The van der Waals surface area contributed by atoms with Gasteiger partial charge < -0.3 is 35.0 Å². The topological polar surface area (TPSA) is 154 Å². The fraction of sp³-hybridized carbons (Fsp3) is 0.455. The fourth-order valence-corrected chi connectivity index (χ4v) is 2.79. The first-order valence-electron chi connectivity index (χ1n) is 9.88. The molecular weight excluding hydrogens is 408 g/mol. The van der Waals surface area contributed by atoms with E-state index in [-0.39, 0.29) is 35.8 Å². The number of carbonyl (C=O) groups excluding carboxylic acids is 2. The number of hydrogen-bond acceptors (Lipinski definition) is 9. The number of rotatable bonds is 4. The first kappa shape index (κ1) is 24.5. The summed E-state index contributed by atoms with van der Waals surface area (Å²) < 4.78 is 10.8. The van der Waals surface area contributed by atoms with Crippen molar-refractivity contribution in [1.29, 1.82) is 0 Å². The molecule has 0 saturated heterocycles. The van der Waals surface area contributed by atoms with Crippen molar-refractivity contribution in [3.63, 3.8) is 0 Å². The second-order valence-corrected chi connectivity index (χ2v) is 7.44. The van der Waals surface area contributed by atoms with Crippen molar-refractivity contribution < 1.29 is 44.6 Å². The summed E-state index contributed by atoms with van der Waals surface area (Å²) in [5.41, 5.74) is 0.0801. The molecule has 0 fully saturated rings. The highest BCUT2D eigenvalue weighted by atomic mass is 16.5. The monoisotopic (exact) mass is 436 g/mol. The van der Waals surface area contributed by atoms with Gasteiger partial charge in [-0.1, -0.05) is 25.2 Å². The summed E-state index contributed by atoms with van der Waals surface area (Å²) in [6.45, 7) is 2.58. The maximum atomic E-state index is 12.7. The van der Waals surface area contributed by atoms with E-state index in [2.05, 4.69) is 0 Å². The number of esters is 1. The SMILES string of the molecule is C[C@@H]1OC(=O)c2c(O)cc(OC[C@H](O)CO)cc2/C=C/C[C@H](O)[C@H](O)C(=O)/C=C\[C@@H]1C. The zero-order valence-corrected chi connectivity index (χ0v) is 17.3. The number of benzene rings is 1. The number of aliphatic hydroxyl groups excluding tert-OH is 4. The predicted molar refractivity (Wildman–Crippen MR) is 111 cm³/mol. The lowest BCUT2D eigenvalue weighted by Crippen LogP contribution is -2.32. The molecule has 1 heterocycles. The molecule has 0 radical (unpaired) electrons. The Hall–Kier alpha value is -2.72. The first-order valence-corrected chi connectivity index (χ1v) is 9.88. The summed E-state index contributed by atoms with van der Waals surface area (Å²) in [6, 6.07) is 2.61. The van der Waals surface area contributed by atoms with Crippen molar-refractivity contribution in [3.8, 4) is 11.5 Å². The largest absolute Gasteiger partial charge is 0.507 e. The van der Waals surface area contributed by atoms with Gasteiger partial charge in [0.15, 0.2) is 5.78 Å². The molecule has 170 valence electrons. The zero-order chi connectivity index (χ0) is 23.1.